The first-order valence-electron chi connectivity index (χ1n) is 9.46. The molecule has 3 heterocycles. The van der Waals surface area contributed by atoms with Crippen LogP contribution in [0.1, 0.15) is 22.3 Å². The molecule has 1 unspecified atom stereocenters. The van der Waals surface area contributed by atoms with E-state index in [1.807, 2.05) is 23.1 Å². The Bertz CT molecular complexity index is 989. The van der Waals surface area contributed by atoms with Gasteiger partial charge in [-0.25, -0.2) is 4.79 Å². The molecule has 0 spiro atoms. The second-order valence-corrected chi connectivity index (χ2v) is 7.09. The van der Waals surface area contributed by atoms with Crippen LogP contribution >= 0.6 is 0 Å². The Morgan fingerprint density at radius 1 is 1.29 bits per heavy atom. The maximum Gasteiger partial charge on any atom is 0.330 e. The van der Waals surface area contributed by atoms with E-state index in [-0.39, 0.29) is 11.6 Å². The lowest BCUT2D eigenvalue weighted by Crippen LogP contribution is -2.35. The summed E-state index contributed by atoms with van der Waals surface area (Å²) < 4.78 is 1.49. The number of hydrogen-bond acceptors (Lipinski definition) is 4. The van der Waals surface area contributed by atoms with Crippen molar-refractivity contribution in [3.63, 3.8) is 0 Å². The number of hydrogen-bond donors (Lipinski definition) is 2. The van der Waals surface area contributed by atoms with Crippen LogP contribution in [0.5, 0.6) is 0 Å². The Kier molecular flexibility index (Phi) is 5.34. The molecule has 2 aromatic heterocycles. The summed E-state index contributed by atoms with van der Waals surface area (Å²) in [5.41, 5.74) is 2.01. The van der Waals surface area contributed by atoms with E-state index in [0.29, 0.717) is 30.3 Å². The van der Waals surface area contributed by atoms with Crippen LogP contribution in [0, 0.1) is 5.92 Å². The van der Waals surface area contributed by atoms with Gasteiger partial charge in [0.1, 0.15) is 0 Å². The number of carbonyl (C=O) groups is 1. The fourth-order valence-electron chi connectivity index (χ4n) is 3.61. The van der Waals surface area contributed by atoms with Crippen molar-refractivity contribution in [2.75, 3.05) is 19.6 Å². The van der Waals surface area contributed by atoms with Crippen LogP contribution < -0.4 is 11.0 Å². The van der Waals surface area contributed by atoms with E-state index in [2.05, 4.69) is 15.3 Å². The molecule has 3 aromatic rings. The maximum absolute atomic E-state index is 13.3. The SMILES string of the molecule is O=C(c1cccc(-n2cc[nH]c2=O)c1)N(Cc1cccnc1)CC1CCNC1. The van der Waals surface area contributed by atoms with Gasteiger partial charge in [-0.1, -0.05) is 12.1 Å². The van der Waals surface area contributed by atoms with Gasteiger partial charge in [-0.2, -0.15) is 0 Å². The summed E-state index contributed by atoms with van der Waals surface area (Å²) in [5, 5.41) is 3.36. The number of carbonyl (C=O) groups excluding carboxylic acids is 1. The summed E-state index contributed by atoms with van der Waals surface area (Å²) in [5.74, 6) is 0.400. The molecule has 28 heavy (non-hydrogen) atoms. The Morgan fingerprint density at radius 2 is 2.21 bits per heavy atom. The molecule has 1 amide bonds. The number of amides is 1. The van der Waals surface area contributed by atoms with E-state index < -0.39 is 0 Å². The number of nitrogens with one attached hydrogen (secondary N) is 2. The molecule has 1 saturated heterocycles. The van der Waals surface area contributed by atoms with Crippen molar-refractivity contribution in [3.05, 3.63) is 82.8 Å². The summed E-state index contributed by atoms with van der Waals surface area (Å²) in [7, 11) is 0. The summed E-state index contributed by atoms with van der Waals surface area (Å²) in [4.78, 5) is 33.9. The molecule has 1 aromatic carbocycles. The Labute approximate surface area is 163 Å². The van der Waals surface area contributed by atoms with Crippen LogP contribution in [-0.4, -0.2) is 45.0 Å². The minimum absolute atomic E-state index is 0.0406. The number of aromatic nitrogens is 3. The molecule has 2 N–H and O–H groups in total. The molecule has 1 atom stereocenters. The Hall–Kier alpha value is -3.19. The molecule has 0 aliphatic carbocycles. The summed E-state index contributed by atoms with van der Waals surface area (Å²) >= 11 is 0. The Morgan fingerprint density at radius 3 is 2.93 bits per heavy atom. The number of rotatable bonds is 6. The zero-order chi connectivity index (χ0) is 19.3. The third-order valence-electron chi connectivity index (χ3n) is 5.04. The number of pyridine rings is 1. The minimum Gasteiger partial charge on any atom is -0.334 e. The standard InChI is InChI=1S/C21H23N5O2/c27-20(18-4-1-5-19(11-18)26-10-9-24-21(26)28)25(15-17-6-8-23-13-17)14-16-3-2-7-22-12-16/h1-5,7,9-12,17,23H,6,8,13-15H2,(H,24,28). The van der Waals surface area contributed by atoms with Crippen molar-refractivity contribution >= 4 is 5.91 Å². The summed E-state index contributed by atoms with van der Waals surface area (Å²) in [6, 6.07) is 11.1. The highest BCUT2D eigenvalue weighted by molar-refractivity contribution is 5.94. The van der Waals surface area contributed by atoms with Crippen LogP contribution in [0.15, 0.2) is 66.0 Å². The van der Waals surface area contributed by atoms with Crippen molar-refractivity contribution in [2.45, 2.75) is 13.0 Å². The Balaban J connectivity index is 1.61. The van der Waals surface area contributed by atoms with Crippen molar-refractivity contribution in [3.8, 4) is 5.69 Å². The molecular formula is C21H23N5O2. The van der Waals surface area contributed by atoms with E-state index in [0.717, 1.165) is 25.1 Å². The zero-order valence-electron chi connectivity index (χ0n) is 15.5. The number of nitrogens with zero attached hydrogens (tertiary/aromatic N) is 3. The maximum atomic E-state index is 13.3. The largest absolute Gasteiger partial charge is 0.334 e. The van der Waals surface area contributed by atoms with Gasteiger partial charge in [0.15, 0.2) is 0 Å². The van der Waals surface area contributed by atoms with Crippen LogP contribution in [0.2, 0.25) is 0 Å². The smallest absolute Gasteiger partial charge is 0.330 e. The molecule has 1 aliphatic rings. The van der Waals surface area contributed by atoms with Gasteiger partial charge < -0.3 is 15.2 Å². The van der Waals surface area contributed by atoms with E-state index in [9.17, 15) is 9.59 Å². The van der Waals surface area contributed by atoms with Crippen LogP contribution in [0.4, 0.5) is 0 Å². The molecule has 1 fully saturated rings. The average Bonchev–Trinajstić information content (AvgIpc) is 3.39. The molecule has 144 valence electrons. The lowest BCUT2D eigenvalue weighted by Gasteiger charge is -2.26. The first-order chi connectivity index (χ1) is 13.7. The van der Waals surface area contributed by atoms with Gasteiger partial charge in [0.05, 0.1) is 5.69 Å². The van der Waals surface area contributed by atoms with Gasteiger partial charge in [-0.15, -0.1) is 0 Å². The molecular weight excluding hydrogens is 354 g/mol. The number of imidazole rings is 1. The molecule has 7 nitrogen and oxygen atoms in total. The highest BCUT2D eigenvalue weighted by Crippen LogP contribution is 2.17. The second-order valence-electron chi connectivity index (χ2n) is 7.09. The van der Waals surface area contributed by atoms with Crippen molar-refractivity contribution in [1.29, 1.82) is 0 Å². The lowest BCUT2D eigenvalue weighted by molar-refractivity contribution is 0.0718. The van der Waals surface area contributed by atoms with Gasteiger partial charge >= 0.3 is 5.69 Å². The predicted molar refractivity (Wildman–Crippen MR) is 106 cm³/mol. The molecule has 4 rings (SSSR count). The fourth-order valence-corrected chi connectivity index (χ4v) is 3.61. The molecule has 0 saturated carbocycles. The first-order valence-corrected chi connectivity index (χ1v) is 9.46. The van der Waals surface area contributed by atoms with Crippen molar-refractivity contribution in [1.82, 2.24) is 24.8 Å². The molecule has 0 radical (unpaired) electrons. The summed E-state index contributed by atoms with van der Waals surface area (Å²) in [6.45, 7) is 3.12. The van der Waals surface area contributed by atoms with Crippen molar-refractivity contribution < 1.29 is 4.79 Å². The molecule has 1 aliphatic heterocycles. The van der Waals surface area contributed by atoms with Gasteiger partial charge in [0.2, 0.25) is 0 Å². The lowest BCUT2D eigenvalue weighted by atomic mass is 10.1. The van der Waals surface area contributed by atoms with Crippen LogP contribution in [-0.2, 0) is 6.54 Å². The van der Waals surface area contributed by atoms with Crippen LogP contribution in [0.25, 0.3) is 5.69 Å². The highest BCUT2D eigenvalue weighted by Gasteiger charge is 2.23. The van der Waals surface area contributed by atoms with Gasteiger partial charge in [0.25, 0.3) is 5.91 Å². The monoisotopic (exact) mass is 377 g/mol. The third kappa shape index (κ3) is 4.04. The normalized spacial score (nSPS) is 16.2. The zero-order valence-corrected chi connectivity index (χ0v) is 15.5. The quantitative estimate of drug-likeness (QED) is 0.686. The van der Waals surface area contributed by atoms with E-state index in [4.69, 9.17) is 0 Å². The highest BCUT2D eigenvalue weighted by atomic mass is 16.2. The number of benzene rings is 1. The van der Waals surface area contributed by atoms with E-state index >= 15 is 0 Å². The van der Waals surface area contributed by atoms with Gasteiger partial charge in [-0.3, -0.25) is 14.3 Å². The van der Waals surface area contributed by atoms with E-state index in [1.165, 1.54) is 4.57 Å². The first kappa shape index (κ1) is 18.2. The van der Waals surface area contributed by atoms with Gasteiger partial charge in [0, 0.05) is 43.4 Å². The summed E-state index contributed by atoms with van der Waals surface area (Å²) in [6.07, 6.45) is 7.83. The molecule has 0 bridgehead atoms. The van der Waals surface area contributed by atoms with E-state index in [1.54, 1.807) is 43.0 Å². The van der Waals surface area contributed by atoms with Crippen molar-refractivity contribution in [2.24, 2.45) is 5.92 Å². The number of H-pyrrole nitrogens is 1. The predicted octanol–water partition coefficient (Wildman–Crippen LogP) is 1.81. The average molecular weight is 377 g/mol. The minimum atomic E-state index is -0.228. The second kappa shape index (κ2) is 8.22. The fraction of sp³-hybridized carbons (Fsp3) is 0.286. The topological polar surface area (TPSA) is 83.0 Å². The third-order valence-corrected chi connectivity index (χ3v) is 5.04. The molecule has 7 heteroatoms. The number of aromatic amines is 1. The van der Waals surface area contributed by atoms with Gasteiger partial charge in [-0.05, 0) is 55.3 Å². The van der Waals surface area contributed by atoms with Crippen LogP contribution in [0.3, 0.4) is 0 Å².